The van der Waals surface area contributed by atoms with Gasteiger partial charge in [0.1, 0.15) is 5.75 Å². The molecule has 0 radical (unpaired) electrons. The van der Waals surface area contributed by atoms with Gasteiger partial charge in [-0.25, -0.2) is 0 Å². The average molecular weight is 378 g/mol. The standard InChI is InChI=1S/C17H16F6N2O/c1-9(2)26-15-6-4-11(8-13(15)17(21,22)23)25-14-5-3-10(24)7-12(14)16(18,19)20/h3-9,25H,24H2,1-2H3. The minimum absolute atomic E-state index is 0.112. The maximum atomic E-state index is 13.2. The van der Waals surface area contributed by atoms with Crippen molar-refractivity contribution in [1.82, 2.24) is 0 Å². The van der Waals surface area contributed by atoms with E-state index in [1.54, 1.807) is 13.8 Å². The number of anilines is 3. The smallest absolute Gasteiger partial charge is 0.420 e. The molecule has 0 unspecified atom stereocenters. The van der Waals surface area contributed by atoms with Gasteiger partial charge in [0.2, 0.25) is 0 Å². The Hall–Kier alpha value is -2.58. The molecule has 2 rings (SSSR count). The predicted molar refractivity (Wildman–Crippen MR) is 86.3 cm³/mol. The number of rotatable bonds is 4. The summed E-state index contributed by atoms with van der Waals surface area (Å²) in [4.78, 5) is 0. The molecule has 3 nitrogen and oxygen atoms in total. The lowest BCUT2D eigenvalue weighted by molar-refractivity contribution is -0.139. The second-order valence-electron chi connectivity index (χ2n) is 5.80. The van der Waals surface area contributed by atoms with E-state index in [4.69, 9.17) is 10.5 Å². The summed E-state index contributed by atoms with van der Waals surface area (Å²) >= 11 is 0. The summed E-state index contributed by atoms with van der Waals surface area (Å²) in [5, 5.41) is 2.37. The number of nitrogens with two attached hydrogens (primary N) is 1. The van der Waals surface area contributed by atoms with E-state index in [0.29, 0.717) is 12.1 Å². The number of nitrogens with one attached hydrogen (secondary N) is 1. The first kappa shape index (κ1) is 19.7. The van der Waals surface area contributed by atoms with Crippen LogP contribution < -0.4 is 15.8 Å². The van der Waals surface area contributed by atoms with Crippen molar-refractivity contribution >= 4 is 17.1 Å². The Labute approximate surface area is 145 Å². The number of benzene rings is 2. The van der Waals surface area contributed by atoms with Crippen LogP contribution in [0.5, 0.6) is 5.75 Å². The third-order valence-electron chi connectivity index (χ3n) is 3.28. The molecule has 0 saturated heterocycles. The Balaban J connectivity index is 2.46. The van der Waals surface area contributed by atoms with Gasteiger partial charge < -0.3 is 15.8 Å². The lowest BCUT2D eigenvalue weighted by atomic mass is 10.1. The van der Waals surface area contributed by atoms with Crippen molar-refractivity contribution < 1.29 is 31.1 Å². The van der Waals surface area contributed by atoms with E-state index in [9.17, 15) is 26.3 Å². The molecule has 2 aromatic rings. The number of halogens is 6. The first-order chi connectivity index (χ1) is 11.9. The molecular weight excluding hydrogens is 362 g/mol. The molecule has 0 spiro atoms. The van der Waals surface area contributed by atoms with Crippen LogP contribution in [-0.2, 0) is 12.4 Å². The van der Waals surface area contributed by atoms with E-state index in [0.717, 1.165) is 12.1 Å². The highest BCUT2D eigenvalue weighted by Crippen LogP contribution is 2.41. The quantitative estimate of drug-likeness (QED) is 0.519. The van der Waals surface area contributed by atoms with Crippen molar-refractivity contribution in [3.05, 3.63) is 47.5 Å². The van der Waals surface area contributed by atoms with Gasteiger partial charge >= 0.3 is 12.4 Å². The molecule has 0 heterocycles. The van der Waals surface area contributed by atoms with Crippen LogP contribution in [0.1, 0.15) is 25.0 Å². The Bertz CT molecular complexity index is 784. The van der Waals surface area contributed by atoms with Crippen LogP contribution in [0.2, 0.25) is 0 Å². The maximum Gasteiger partial charge on any atom is 0.420 e. The van der Waals surface area contributed by atoms with Crippen LogP contribution in [0.3, 0.4) is 0 Å². The summed E-state index contributed by atoms with van der Waals surface area (Å²) in [7, 11) is 0. The van der Waals surface area contributed by atoms with Gasteiger partial charge in [-0.3, -0.25) is 0 Å². The summed E-state index contributed by atoms with van der Waals surface area (Å²) < 4.78 is 84.2. The van der Waals surface area contributed by atoms with E-state index in [-0.39, 0.29) is 11.4 Å². The van der Waals surface area contributed by atoms with E-state index in [2.05, 4.69) is 5.32 Å². The molecule has 142 valence electrons. The van der Waals surface area contributed by atoms with E-state index < -0.39 is 41.0 Å². The average Bonchev–Trinajstić information content (AvgIpc) is 2.48. The molecule has 0 aliphatic rings. The minimum Gasteiger partial charge on any atom is -0.490 e. The fourth-order valence-electron chi connectivity index (χ4n) is 2.25. The third kappa shape index (κ3) is 4.74. The zero-order valence-corrected chi connectivity index (χ0v) is 13.8. The molecule has 0 amide bonds. The predicted octanol–water partition coefficient (Wildman–Crippen LogP) is 5.84. The van der Waals surface area contributed by atoms with Crippen LogP contribution in [0.25, 0.3) is 0 Å². The Morgan fingerprint density at radius 1 is 0.885 bits per heavy atom. The molecule has 0 saturated carbocycles. The normalized spacial score (nSPS) is 12.3. The monoisotopic (exact) mass is 378 g/mol. The van der Waals surface area contributed by atoms with E-state index in [1.807, 2.05) is 0 Å². The van der Waals surface area contributed by atoms with Gasteiger partial charge in [-0.15, -0.1) is 0 Å². The highest BCUT2D eigenvalue weighted by atomic mass is 19.4. The Kier molecular flexibility index (Phi) is 5.29. The van der Waals surface area contributed by atoms with Crippen LogP contribution in [0, 0.1) is 0 Å². The highest BCUT2D eigenvalue weighted by molar-refractivity contribution is 5.68. The van der Waals surface area contributed by atoms with E-state index >= 15 is 0 Å². The zero-order chi connectivity index (χ0) is 19.7. The molecule has 3 N–H and O–H groups in total. The topological polar surface area (TPSA) is 47.3 Å². The molecule has 9 heteroatoms. The zero-order valence-electron chi connectivity index (χ0n) is 13.8. The van der Waals surface area contributed by atoms with Gasteiger partial charge in [0.15, 0.2) is 0 Å². The van der Waals surface area contributed by atoms with Crippen molar-refractivity contribution in [2.45, 2.75) is 32.3 Å². The number of alkyl halides is 6. The summed E-state index contributed by atoms with van der Waals surface area (Å²) in [6, 6.07) is 5.97. The molecular formula is C17H16F6N2O. The fourth-order valence-corrected chi connectivity index (χ4v) is 2.25. The summed E-state index contributed by atoms with van der Waals surface area (Å²) in [6.45, 7) is 3.13. The van der Waals surface area contributed by atoms with Gasteiger partial charge in [-0.2, -0.15) is 26.3 Å². The molecule has 26 heavy (non-hydrogen) atoms. The van der Waals surface area contributed by atoms with Gasteiger partial charge in [0, 0.05) is 11.4 Å². The second-order valence-corrected chi connectivity index (χ2v) is 5.80. The van der Waals surface area contributed by atoms with Crippen molar-refractivity contribution in [3.8, 4) is 5.75 Å². The van der Waals surface area contributed by atoms with Crippen molar-refractivity contribution in [2.75, 3.05) is 11.1 Å². The first-order valence-corrected chi connectivity index (χ1v) is 7.49. The van der Waals surface area contributed by atoms with Crippen molar-refractivity contribution in [2.24, 2.45) is 0 Å². The van der Waals surface area contributed by atoms with Gasteiger partial charge in [0.05, 0.1) is 22.9 Å². The lowest BCUT2D eigenvalue weighted by Gasteiger charge is -2.19. The van der Waals surface area contributed by atoms with Gasteiger partial charge in [-0.1, -0.05) is 0 Å². The summed E-state index contributed by atoms with van der Waals surface area (Å²) in [5.41, 5.74) is 2.53. The largest absolute Gasteiger partial charge is 0.490 e. The number of hydrogen-bond donors (Lipinski definition) is 2. The maximum absolute atomic E-state index is 13.2. The van der Waals surface area contributed by atoms with E-state index in [1.165, 1.54) is 12.1 Å². The second kappa shape index (κ2) is 6.97. The highest BCUT2D eigenvalue weighted by Gasteiger charge is 2.36. The van der Waals surface area contributed by atoms with Crippen molar-refractivity contribution in [3.63, 3.8) is 0 Å². The van der Waals surface area contributed by atoms with Crippen LogP contribution in [0.15, 0.2) is 36.4 Å². The summed E-state index contributed by atoms with van der Waals surface area (Å²) in [6.07, 6.45) is -9.94. The molecule has 2 aromatic carbocycles. The third-order valence-corrected chi connectivity index (χ3v) is 3.28. The molecule has 0 aromatic heterocycles. The van der Waals surface area contributed by atoms with Crippen LogP contribution >= 0.6 is 0 Å². The molecule has 0 atom stereocenters. The van der Waals surface area contributed by atoms with Gasteiger partial charge in [0.25, 0.3) is 0 Å². The van der Waals surface area contributed by atoms with Crippen LogP contribution in [-0.4, -0.2) is 6.10 Å². The minimum atomic E-state index is -4.73. The number of hydrogen-bond acceptors (Lipinski definition) is 3. The number of ether oxygens (including phenoxy) is 1. The SMILES string of the molecule is CC(C)Oc1ccc(Nc2ccc(N)cc2C(F)(F)F)cc1C(F)(F)F. The Morgan fingerprint density at radius 2 is 1.50 bits per heavy atom. The molecule has 0 fully saturated rings. The first-order valence-electron chi connectivity index (χ1n) is 7.49. The van der Waals surface area contributed by atoms with Crippen molar-refractivity contribution in [1.29, 1.82) is 0 Å². The molecule has 0 bridgehead atoms. The molecule has 0 aliphatic heterocycles. The molecule has 0 aliphatic carbocycles. The fraction of sp³-hybridized carbons (Fsp3) is 0.294. The number of nitrogen functional groups attached to an aromatic ring is 1. The summed E-state index contributed by atoms with van der Waals surface area (Å²) in [5.74, 6) is -0.397. The van der Waals surface area contributed by atoms with Crippen LogP contribution in [0.4, 0.5) is 43.4 Å². The van der Waals surface area contributed by atoms with Gasteiger partial charge in [-0.05, 0) is 50.2 Å². The lowest BCUT2D eigenvalue weighted by Crippen LogP contribution is -2.13. The Morgan fingerprint density at radius 3 is 2.04 bits per heavy atom.